The number of carbonyl (C=O) groups is 1. The topological polar surface area (TPSA) is 140 Å². The van der Waals surface area contributed by atoms with Gasteiger partial charge < -0.3 is 4.74 Å². The van der Waals surface area contributed by atoms with E-state index in [0.717, 1.165) is 4.52 Å². The van der Waals surface area contributed by atoms with Gasteiger partial charge in [-0.3, -0.25) is 5.32 Å². The summed E-state index contributed by atoms with van der Waals surface area (Å²) in [5.74, 6) is -1.33. The van der Waals surface area contributed by atoms with Crippen LogP contribution < -0.4 is 14.8 Å². The van der Waals surface area contributed by atoms with Gasteiger partial charge in [-0.15, -0.1) is 0 Å². The summed E-state index contributed by atoms with van der Waals surface area (Å²) >= 11 is 0. The molecule has 3 heterocycles. The van der Waals surface area contributed by atoms with Gasteiger partial charge in [0, 0.05) is 11.8 Å². The molecule has 0 aromatic carbocycles. The summed E-state index contributed by atoms with van der Waals surface area (Å²) in [5, 5.41) is 5.40. The fraction of sp³-hybridized carbons (Fsp3) is 0.312. The van der Waals surface area contributed by atoms with Gasteiger partial charge in [-0.2, -0.15) is 32.4 Å². The minimum Gasteiger partial charge on any atom is -0.481 e. The largest absolute Gasteiger partial charge is 0.481 e. The number of nitrogens with zero attached hydrogens (tertiary/aromatic N) is 5. The number of urea groups is 1. The van der Waals surface area contributed by atoms with Crippen molar-refractivity contribution in [2.75, 3.05) is 12.4 Å². The van der Waals surface area contributed by atoms with E-state index in [1.54, 1.807) is 17.7 Å². The highest BCUT2D eigenvalue weighted by atomic mass is 32.2. The Kier molecular flexibility index (Phi) is 5.33. The van der Waals surface area contributed by atoms with Crippen LogP contribution in [0.1, 0.15) is 31.2 Å². The second-order valence-electron chi connectivity index (χ2n) is 6.33. The molecule has 3 aromatic heterocycles. The standard InChI is InChI=1S/C16H18FN7O4S/c1-8(2)10-5-6-11-19-13(17)14(24(11)22-10)29(26,27)23-16(25)21-15-18-9(3)7-12(20-15)28-4/h5-8H,1-4H3,(H2,18,20,21,23,25). The van der Waals surface area contributed by atoms with E-state index in [2.05, 4.69) is 25.4 Å². The second kappa shape index (κ2) is 7.58. The first-order valence-corrected chi connectivity index (χ1v) is 9.87. The molecule has 154 valence electrons. The monoisotopic (exact) mass is 423 g/mol. The van der Waals surface area contributed by atoms with Gasteiger partial charge >= 0.3 is 6.03 Å². The maximum Gasteiger partial charge on any atom is 0.335 e. The first-order chi connectivity index (χ1) is 13.6. The average Bonchev–Trinajstić information content (AvgIpc) is 2.95. The number of hydrogen-bond donors (Lipinski definition) is 2. The predicted octanol–water partition coefficient (Wildman–Crippen LogP) is 1.61. The number of aryl methyl sites for hydroxylation is 1. The molecule has 0 bridgehead atoms. The van der Waals surface area contributed by atoms with Gasteiger partial charge in [0.2, 0.25) is 16.9 Å². The minimum absolute atomic E-state index is 0.0144. The van der Waals surface area contributed by atoms with Crippen molar-refractivity contribution in [1.82, 2.24) is 29.3 Å². The zero-order valence-corrected chi connectivity index (χ0v) is 16.8. The van der Waals surface area contributed by atoms with Crippen LogP contribution in [0.25, 0.3) is 5.65 Å². The van der Waals surface area contributed by atoms with Crippen LogP contribution in [0.2, 0.25) is 0 Å². The van der Waals surface area contributed by atoms with Crippen molar-refractivity contribution in [1.29, 1.82) is 0 Å². The third-order valence-corrected chi connectivity index (χ3v) is 5.06. The van der Waals surface area contributed by atoms with Gasteiger partial charge in [0.15, 0.2) is 5.65 Å². The maximum absolute atomic E-state index is 14.3. The van der Waals surface area contributed by atoms with Gasteiger partial charge in [0.25, 0.3) is 16.0 Å². The number of imidazole rings is 1. The Morgan fingerprint density at radius 1 is 1.24 bits per heavy atom. The summed E-state index contributed by atoms with van der Waals surface area (Å²) in [6.07, 6.45) is 0. The number of methoxy groups -OCH3 is 1. The lowest BCUT2D eigenvalue weighted by molar-refractivity contribution is 0.256. The molecule has 0 spiro atoms. The van der Waals surface area contributed by atoms with Crippen LogP contribution in [-0.2, 0) is 10.0 Å². The van der Waals surface area contributed by atoms with E-state index in [1.165, 1.54) is 19.2 Å². The number of rotatable bonds is 5. The number of halogens is 1. The lowest BCUT2D eigenvalue weighted by Crippen LogP contribution is -2.36. The first-order valence-electron chi connectivity index (χ1n) is 8.39. The number of nitrogens with one attached hydrogen (secondary N) is 2. The predicted molar refractivity (Wildman–Crippen MR) is 99.7 cm³/mol. The van der Waals surface area contributed by atoms with Crippen molar-refractivity contribution in [2.45, 2.75) is 31.7 Å². The molecule has 0 fully saturated rings. The van der Waals surface area contributed by atoms with Crippen molar-refractivity contribution in [2.24, 2.45) is 0 Å². The van der Waals surface area contributed by atoms with Crippen LogP contribution in [0.15, 0.2) is 23.2 Å². The summed E-state index contributed by atoms with van der Waals surface area (Å²) < 4.78 is 47.0. The van der Waals surface area contributed by atoms with Gasteiger partial charge in [-0.1, -0.05) is 13.8 Å². The molecule has 0 aliphatic carbocycles. The van der Waals surface area contributed by atoms with E-state index >= 15 is 0 Å². The van der Waals surface area contributed by atoms with E-state index in [1.807, 2.05) is 13.8 Å². The van der Waals surface area contributed by atoms with Crippen molar-refractivity contribution in [3.05, 3.63) is 35.5 Å². The Morgan fingerprint density at radius 3 is 2.62 bits per heavy atom. The van der Waals surface area contributed by atoms with Crippen molar-refractivity contribution >= 4 is 27.6 Å². The normalized spacial score (nSPS) is 11.7. The molecule has 0 aliphatic heterocycles. The molecule has 13 heteroatoms. The smallest absolute Gasteiger partial charge is 0.335 e. The molecular weight excluding hydrogens is 405 g/mol. The quantitative estimate of drug-likeness (QED) is 0.631. The van der Waals surface area contributed by atoms with Crippen molar-refractivity contribution in [3.8, 4) is 5.88 Å². The van der Waals surface area contributed by atoms with Gasteiger partial charge in [0.1, 0.15) is 0 Å². The molecule has 2 N–H and O–H groups in total. The summed E-state index contributed by atoms with van der Waals surface area (Å²) in [4.78, 5) is 23.5. The molecule has 29 heavy (non-hydrogen) atoms. The number of sulfonamides is 1. The van der Waals surface area contributed by atoms with Gasteiger partial charge in [-0.05, 0) is 25.0 Å². The van der Waals surface area contributed by atoms with Gasteiger partial charge in [-0.25, -0.2) is 14.5 Å². The van der Waals surface area contributed by atoms with Crippen LogP contribution in [0.5, 0.6) is 5.88 Å². The molecule has 0 unspecified atom stereocenters. The SMILES string of the molecule is COc1cc(C)nc(NC(=O)NS(=O)(=O)c2c(F)nc3ccc(C(C)C)nn23)n1. The summed E-state index contributed by atoms with van der Waals surface area (Å²) in [6.45, 7) is 5.32. The molecule has 0 atom stereocenters. The second-order valence-corrected chi connectivity index (χ2v) is 7.92. The number of aromatic nitrogens is 5. The lowest BCUT2D eigenvalue weighted by atomic mass is 10.1. The molecule has 0 radical (unpaired) electrons. The minimum atomic E-state index is -4.65. The summed E-state index contributed by atoms with van der Waals surface area (Å²) in [6, 6.07) is 3.39. The third-order valence-electron chi connectivity index (χ3n) is 3.76. The lowest BCUT2D eigenvalue weighted by Gasteiger charge is -2.09. The number of amides is 2. The molecule has 2 amide bonds. The molecule has 0 aliphatic rings. The number of carbonyl (C=O) groups excluding carboxylic acids is 1. The highest BCUT2D eigenvalue weighted by Gasteiger charge is 2.29. The summed E-state index contributed by atoms with van der Waals surface area (Å²) in [5.41, 5.74) is 0.990. The van der Waals surface area contributed by atoms with Crippen LogP contribution in [0.3, 0.4) is 0 Å². The van der Waals surface area contributed by atoms with Crippen molar-refractivity contribution < 1.29 is 22.3 Å². The Morgan fingerprint density at radius 2 is 1.97 bits per heavy atom. The zero-order valence-electron chi connectivity index (χ0n) is 16.0. The Bertz CT molecular complexity index is 1190. The molecule has 0 saturated carbocycles. The van der Waals surface area contributed by atoms with Gasteiger partial charge in [0.05, 0.1) is 12.8 Å². The molecule has 0 saturated heterocycles. The molecular formula is C16H18FN7O4S. The Hall–Kier alpha value is -3.35. The highest BCUT2D eigenvalue weighted by molar-refractivity contribution is 7.90. The number of hydrogen-bond acceptors (Lipinski definition) is 8. The fourth-order valence-electron chi connectivity index (χ4n) is 2.43. The number of anilines is 1. The van der Waals surface area contributed by atoms with E-state index in [9.17, 15) is 17.6 Å². The Balaban J connectivity index is 1.91. The van der Waals surface area contributed by atoms with E-state index in [-0.39, 0.29) is 23.4 Å². The van der Waals surface area contributed by atoms with Crippen molar-refractivity contribution in [3.63, 3.8) is 0 Å². The molecule has 3 aromatic rings. The van der Waals surface area contributed by atoms with Crippen LogP contribution in [0, 0.1) is 12.9 Å². The van der Waals surface area contributed by atoms with Crippen LogP contribution in [0.4, 0.5) is 15.1 Å². The first kappa shape index (κ1) is 20.4. The average molecular weight is 423 g/mol. The number of fused-ring (bicyclic) bond motifs is 1. The fourth-order valence-corrected chi connectivity index (χ4v) is 3.45. The van der Waals surface area contributed by atoms with E-state index in [4.69, 9.17) is 4.74 Å². The molecule has 11 nitrogen and oxygen atoms in total. The third kappa shape index (κ3) is 4.23. The van der Waals surface area contributed by atoms with Crippen LogP contribution in [-0.4, -0.2) is 46.1 Å². The van der Waals surface area contributed by atoms with E-state index < -0.39 is 27.0 Å². The van der Waals surface area contributed by atoms with E-state index in [0.29, 0.717) is 11.4 Å². The zero-order chi connectivity index (χ0) is 21.3. The molecule has 3 rings (SSSR count). The van der Waals surface area contributed by atoms with Crippen LogP contribution >= 0.6 is 0 Å². The highest BCUT2D eigenvalue weighted by Crippen LogP contribution is 2.19. The Labute approximate surface area is 165 Å². The maximum atomic E-state index is 14.3. The summed E-state index contributed by atoms with van der Waals surface area (Å²) in [7, 11) is -3.27. The number of ether oxygens (including phenoxy) is 1.